The molecule has 42 heavy (non-hydrogen) atoms. The number of morpholine rings is 1. The van der Waals surface area contributed by atoms with Crippen molar-refractivity contribution in [3.63, 3.8) is 0 Å². The van der Waals surface area contributed by atoms with Gasteiger partial charge in [-0.3, -0.25) is 5.10 Å². The molecule has 0 aliphatic carbocycles. The van der Waals surface area contributed by atoms with E-state index in [-0.39, 0.29) is 15.5 Å². The zero-order valence-corrected chi connectivity index (χ0v) is 23.9. The van der Waals surface area contributed by atoms with E-state index >= 15 is 4.39 Å². The lowest BCUT2D eigenvalue weighted by Crippen LogP contribution is -2.56. The smallest absolute Gasteiger partial charge is 0.290 e. The van der Waals surface area contributed by atoms with Gasteiger partial charge >= 0.3 is 0 Å². The van der Waals surface area contributed by atoms with Crippen molar-refractivity contribution < 1.29 is 37.3 Å². The molecular weight excluding hydrogens is 596 g/mol. The van der Waals surface area contributed by atoms with Gasteiger partial charge in [0.2, 0.25) is 21.4 Å². The minimum absolute atomic E-state index is 0. The maximum Gasteiger partial charge on any atom is 0.290 e. The van der Waals surface area contributed by atoms with Crippen molar-refractivity contribution in [2.75, 3.05) is 43.6 Å². The first-order valence-electron chi connectivity index (χ1n) is 12.2. The summed E-state index contributed by atoms with van der Waals surface area (Å²) in [5.74, 6) is -0.552. The van der Waals surface area contributed by atoms with Gasteiger partial charge in [0.05, 0.1) is 30.1 Å². The highest BCUT2D eigenvalue weighted by Gasteiger charge is 2.28. The lowest BCUT2D eigenvalue weighted by Gasteiger charge is -2.29. The molecule has 0 bridgehead atoms. The molecule has 0 amide bonds. The summed E-state index contributed by atoms with van der Waals surface area (Å²) < 4.78 is 67.1. The molecule has 0 spiro atoms. The highest BCUT2D eigenvalue weighted by atomic mass is 32.2. The Morgan fingerprint density at radius 2 is 1.90 bits per heavy atom. The van der Waals surface area contributed by atoms with Crippen LogP contribution in [-0.2, 0) is 14.6 Å². The molecule has 1 aliphatic rings. The molecule has 0 atom stereocenters. The summed E-state index contributed by atoms with van der Waals surface area (Å²) in [5.41, 5.74) is 0.275. The quantitative estimate of drug-likeness (QED) is 0.233. The van der Waals surface area contributed by atoms with Crippen LogP contribution in [0.25, 0.3) is 0 Å². The number of anilines is 3. The van der Waals surface area contributed by atoms with Crippen molar-refractivity contribution in [3.8, 4) is 5.75 Å². The Kier molecular flexibility index (Phi) is 9.35. The maximum absolute atomic E-state index is 15.3. The van der Waals surface area contributed by atoms with E-state index in [2.05, 4.69) is 25.5 Å². The topological polar surface area (TPSA) is 183 Å². The molecule has 2 aromatic heterocycles. The molecular formula is C25H25F2N7O6S2. The summed E-state index contributed by atoms with van der Waals surface area (Å²) in [6.07, 6.45) is 0. The molecule has 0 saturated carbocycles. The van der Waals surface area contributed by atoms with Crippen LogP contribution in [0.15, 0.2) is 62.3 Å². The first-order valence-corrected chi connectivity index (χ1v) is 14.5. The van der Waals surface area contributed by atoms with E-state index in [9.17, 15) is 17.7 Å². The van der Waals surface area contributed by atoms with Crippen LogP contribution >= 0.6 is 11.8 Å². The van der Waals surface area contributed by atoms with Gasteiger partial charge in [-0.25, -0.2) is 22.8 Å². The number of benzene rings is 2. The number of methoxy groups -OCH3 is 1. The Bertz CT molecular complexity index is 1720. The molecule has 1 fully saturated rings. The van der Waals surface area contributed by atoms with Crippen LogP contribution < -0.4 is 20.1 Å². The van der Waals surface area contributed by atoms with E-state index in [1.165, 1.54) is 24.4 Å². The molecule has 0 radical (unpaired) electrons. The van der Waals surface area contributed by atoms with Gasteiger partial charge in [-0.15, -0.1) is 0 Å². The van der Waals surface area contributed by atoms with Crippen LogP contribution in [0.2, 0.25) is 0 Å². The van der Waals surface area contributed by atoms with E-state index in [0.717, 1.165) is 41.7 Å². The minimum Gasteiger partial charge on any atom is -0.870 e. The molecule has 4 N–H and O–H groups in total. The number of ether oxygens (including phenoxy) is 2. The normalized spacial score (nSPS) is 13.4. The Morgan fingerprint density at radius 1 is 1.14 bits per heavy atom. The monoisotopic (exact) mass is 621 g/mol. The van der Waals surface area contributed by atoms with Gasteiger partial charge in [0.15, 0.2) is 22.6 Å². The lowest BCUT2D eigenvalue weighted by atomic mass is 10.3. The number of aromatic nitrogens is 4. The maximum atomic E-state index is 15.3. The van der Waals surface area contributed by atoms with E-state index < -0.39 is 37.0 Å². The number of nitrogens with one attached hydrogen (secondary N) is 3. The molecule has 5 rings (SSSR count). The van der Waals surface area contributed by atoms with Crippen molar-refractivity contribution in [2.24, 2.45) is 0 Å². The lowest BCUT2D eigenvalue weighted by molar-refractivity contribution is -0.382. The van der Waals surface area contributed by atoms with E-state index in [1.807, 2.05) is 11.8 Å². The predicted molar refractivity (Wildman–Crippen MR) is 147 cm³/mol. The van der Waals surface area contributed by atoms with Gasteiger partial charge in [0, 0.05) is 41.0 Å². The number of H-pyrrole nitrogens is 1. The molecule has 1 saturated heterocycles. The van der Waals surface area contributed by atoms with Gasteiger partial charge in [0.25, 0.3) is 5.69 Å². The van der Waals surface area contributed by atoms with Crippen molar-refractivity contribution >= 4 is 44.7 Å². The highest BCUT2D eigenvalue weighted by molar-refractivity contribution is 7.99. The fourth-order valence-corrected chi connectivity index (χ4v) is 6.21. The summed E-state index contributed by atoms with van der Waals surface area (Å²) in [6, 6.07) is 8.25. The second-order valence-corrected chi connectivity index (χ2v) is 11.7. The van der Waals surface area contributed by atoms with Gasteiger partial charge in [-0.05, 0) is 43.0 Å². The number of nitroso groups, excluding NO2 is 1. The minimum atomic E-state index is -4.47. The molecule has 3 heterocycles. The van der Waals surface area contributed by atoms with E-state index in [0.29, 0.717) is 49.5 Å². The van der Waals surface area contributed by atoms with Gasteiger partial charge < -0.3 is 25.2 Å². The average Bonchev–Trinajstić information content (AvgIpc) is 3.38. The second-order valence-electron chi connectivity index (χ2n) is 8.79. The van der Waals surface area contributed by atoms with Gasteiger partial charge in [0.1, 0.15) is 10.7 Å². The van der Waals surface area contributed by atoms with Crippen molar-refractivity contribution in [2.45, 2.75) is 26.8 Å². The molecule has 222 valence electrons. The largest absolute Gasteiger partial charge is 0.870 e. The van der Waals surface area contributed by atoms with E-state index in [4.69, 9.17) is 9.47 Å². The molecule has 4 aromatic rings. The first kappa shape index (κ1) is 30.8. The number of rotatable bonds is 9. The standard InChI is InChI=1S/C25H23F2N7O5S2.H2O/c1-14-12-20(32-31-14)28-23-22(38-2)24(34-8-10-39-11-9-34)30-25(29-23)40-18-7-6-15(13-16(18)26)41(36,37)19-5-3-4-17(33-35)21(19)27;/h3-7,12-13H,8-11H2,1-2H3,(H2,28,29,30,31,32);1H2. The summed E-state index contributed by atoms with van der Waals surface area (Å²) in [7, 11) is -2.99. The number of nitrogens with zero attached hydrogens (tertiary/aromatic N) is 4. The summed E-state index contributed by atoms with van der Waals surface area (Å²) in [4.78, 5) is 20.8. The molecule has 1 aliphatic heterocycles. The SMILES string of the molecule is COc1c(Nc2cc(C)[nH]n2)nc(Sc2ccc(S(=O)(=O)c3cccc([NH+]=O)c3F)cc2F)nc1N1CCOCC1.[OH-]. The third kappa shape index (κ3) is 6.18. The number of aryl methyl sites for hydroxylation is 1. The van der Waals surface area contributed by atoms with Crippen LogP contribution in [-0.4, -0.2) is 67.5 Å². The van der Waals surface area contributed by atoms with Crippen LogP contribution in [0.1, 0.15) is 5.69 Å². The van der Waals surface area contributed by atoms with Crippen molar-refractivity contribution in [1.29, 1.82) is 0 Å². The predicted octanol–water partition coefficient (Wildman–Crippen LogP) is 2.66. The number of aromatic amines is 1. The number of sulfone groups is 1. The molecule has 17 heteroatoms. The summed E-state index contributed by atoms with van der Waals surface area (Å²) >= 11 is 0.867. The zero-order chi connectivity index (χ0) is 29.1. The van der Waals surface area contributed by atoms with Crippen LogP contribution in [0.3, 0.4) is 0 Å². The van der Waals surface area contributed by atoms with Crippen LogP contribution in [0, 0.1) is 23.5 Å². The zero-order valence-electron chi connectivity index (χ0n) is 22.2. The summed E-state index contributed by atoms with van der Waals surface area (Å²) in [6.45, 7) is 3.89. The average molecular weight is 622 g/mol. The van der Waals surface area contributed by atoms with Crippen LogP contribution in [0.4, 0.5) is 31.9 Å². The Hall–Kier alpha value is -4.19. The van der Waals surface area contributed by atoms with Gasteiger partial charge in [-0.2, -0.15) is 9.49 Å². The number of hydrogen-bond acceptors (Lipinski definition) is 12. The highest BCUT2D eigenvalue weighted by Crippen LogP contribution is 2.39. The van der Waals surface area contributed by atoms with E-state index in [1.54, 1.807) is 6.07 Å². The molecule has 13 nitrogen and oxygen atoms in total. The Labute approximate surface area is 242 Å². The molecule has 0 unspecified atom stereocenters. The fourth-order valence-electron chi connectivity index (χ4n) is 4.08. The third-order valence-corrected chi connectivity index (χ3v) is 8.76. The Morgan fingerprint density at radius 3 is 2.55 bits per heavy atom. The third-order valence-electron chi connectivity index (χ3n) is 6.07. The van der Waals surface area contributed by atoms with Gasteiger partial charge in [-0.1, -0.05) is 6.07 Å². The van der Waals surface area contributed by atoms with Crippen LogP contribution in [0.5, 0.6) is 5.75 Å². The second kappa shape index (κ2) is 12.8. The van der Waals surface area contributed by atoms with Crippen molar-refractivity contribution in [1.82, 2.24) is 20.2 Å². The number of halogens is 2. The first-order chi connectivity index (χ1) is 19.7. The number of hydrogen-bond donors (Lipinski definition) is 3. The fraction of sp³-hybridized carbons (Fsp3) is 0.240. The Balaban J connectivity index is 0.00000405. The molecule has 2 aromatic carbocycles. The van der Waals surface area contributed by atoms with Crippen molar-refractivity contribution in [3.05, 3.63) is 64.7 Å². The summed E-state index contributed by atoms with van der Waals surface area (Å²) in [5, 5.41) is 11.6.